The van der Waals surface area contributed by atoms with Crippen LogP contribution < -0.4 is 5.32 Å². The lowest BCUT2D eigenvalue weighted by molar-refractivity contribution is -0.141. The highest BCUT2D eigenvalue weighted by Gasteiger charge is 2.29. The number of aliphatic hydroxyl groups excluding tert-OH is 1. The van der Waals surface area contributed by atoms with Gasteiger partial charge in [-0.15, -0.1) is 0 Å². The first kappa shape index (κ1) is 18.7. The maximum Gasteiger partial charge on any atom is 0.328 e. The van der Waals surface area contributed by atoms with E-state index in [0.717, 1.165) is 12.8 Å². The topological polar surface area (TPSA) is 89.9 Å². The molecule has 0 aliphatic carbocycles. The third kappa shape index (κ3) is 5.77. The molecule has 0 saturated heterocycles. The van der Waals surface area contributed by atoms with Crippen molar-refractivity contribution in [2.45, 2.75) is 65.6 Å². The van der Waals surface area contributed by atoms with Crippen molar-refractivity contribution in [1.29, 1.82) is 0 Å². The second-order valence-corrected chi connectivity index (χ2v) is 5.52. The first-order valence-electron chi connectivity index (χ1n) is 7.22. The molecule has 20 heavy (non-hydrogen) atoms. The third-order valence-electron chi connectivity index (χ3n) is 3.23. The molecule has 2 amide bonds. The van der Waals surface area contributed by atoms with E-state index in [1.165, 1.54) is 6.92 Å². The van der Waals surface area contributed by atoms with Crippen LogP contribution in [0.4, 0.5) is 4.79 Å². The molecule has 0 aromatic heterocycles. The Labute approximate surface area is 121 Å². The molecule has 0 aromatic rings. The zero-order chi connectivity index (χ0) is 15.9. The van der Waals surface area contributed by atoms with Gasteiger partial charge >= 0.3 is 12.0 Å². The zero-order valence-corrected chi connectivity index (χ0v) is 13.1. The maximum absolute atomic E-state index is 12.3. The molecule has 0 rings (SSSR count). The van der Waals surface area contributed by atoms with E-state index >= 15 is 0 Å². The van der Waals surface area contributed by atoms with Crippen LogP contribution in [-0.4, -0.2) is 51.8 Å². The Balaban J connectivity index is 4.98. The predicted molar refractivity (Wildman–Crippen MR) is 77.6 cm³/mol. The SMILES string of the molecule is CCC(CC)N(CC(C)C)C(=O)NC(C(=O)O)C(C)O. The Bertz CT molecular complexity index is 314. The lowest BCUT2D eigenvalue weighted by Crippen LogP contribution is -2.55. The van der Waals surface area contributed by atoms with E-state index in [-0.39, 0.29) is 12.0 Å². The molecule has 0 radical (unpaired) electrons. The summed E-state index contributed by atoms with van der Waals surface area (Å²) in [5.41, 5.74) is 0. The molecule has 6 nitrogen and oxygen atoms in total. The van der Waals surface area contributed by atoms with E-state index in [1.807, 2.05) is 27.7 Å². The number of urea groups is 1. The van der Waals surface area contributed by atoms with Crippen LogP contribution in [0.1, 0.15) is 47.5 Å². The number of carbonyl (C=O) groups is 2. The molecule has 0 aliphatic rings. The van der Waals surface area contributed by atoms with Crippen molar-refractivity contribution in [2.75, 3.05) is 6.54 Å². The van der Waals surface area contributed by atoms with E-state index < -0.39 is 24.1 Å². The van der Waals surface area contributed by atoms with Gasteiger partial charge in [0.1, 0.15) is 0 Å². The summed E-state index contributed by atoms with van der Waals surface area (Å²) in [7, 11) is 0. The van der Waals surface area contributed by atoms with Crippen molar-refractivity contribution in [3.63, 3.8) is 0 Å². The van der Waals surface area contributed by atoms with Crippen LogP contribution in [0.15, 0.2) is 0 Å². The summed E-state index contributed by atoms with van der Waals surface area (Å²) >= 11 is 0. The quantitative estimate of drug-likeness (QED) is 0.634. The molecule has 0 saturated carbocycles. The van der Waals surface area contributed by atoms with Crippen LogP contribution in [0.3, 0.4) is 0 Å². The van der Waals surface area contributed by atoms with Gasteiger partial charge in [0.2, 0.25) is 0 Å². The van der Waals surface area contributed by atoms with Gasteiger partial charge in [-0.25, -0.2) is 9.59 Å². The Morgan fingerprint density at radius 2 is 1.65 bits per heavy atom. The summed E-state index contributed by atoms with van der Waals surface area (Å²) < 4.78 is 0. The highest BCUT2D eigenvalue weighted by atomic mass is 16.4. The molecule has 0 aliphatic heterocycles. The Kier molecular flexibility index (Phi) is 8.22. The number of carboxylic acid groups (broad SMARTS) is 1. The highest BCUT2D eigenvalue weighted by molar-refractivity contribution is 5.83. The molecule has 0 fully saturated rings. The van der Waals surface area contributed by atoms with Gasteiger partial charge in [-0.3, -0.25) is 0 Å². The number of carbonyl (C=O) groups excluding carboxylic acids is 1. The minimum Gasteiger partial charge on any atom is -0.480 e. The van der Waals surface area contributed by atoms with Gasteiger partial charge < -0.3 is 20.4 Å². The van der Waals surface area contributed by atoms with E-state index in [4.69, 9.17) is 5.11 Å². The molecule has 0 heterocycles. The van der Waals surface area contributed by atoms with Gasteiger partial charge in [-0.2, -0.15) is 0 Å². The number of aliphatic carboxylic acids is 1. The maximum atomic E-state index is 12.3. The average Bonchev–Trinajstić information content (AvgIpc) is 2.34. The van der Waals surface area contributed by atoms with Gasteiger partial charge in [0.15, 0.2) is 6.04 Å². The molecular formula is C14H28N2O4. The van der Waals surface area contributed by atoms with Crippen LogP contribution >= 0.6 is 0 Å². The van der Waals surface area contributed by atoms with Crippen molar-refractivity contribution in [3.05, 3.63) is 0 Å². The number of nitrogens with one attached hydrogen (secondary N) is 1. The second-order valence-electron chi connectivity index (χ2n) is 5.52. The summed E-state index contributed by atoms with van der Waals surface area (Å²) in [4.78, 5) is 25.0. The summed E-state index contributed by atoms with van der Waals surface area (Å²) in [5, 5.41) is 20.9. The minimum absolute atomic E-state index is 0.0702. The highest BCUT2D eigenvalue weighted by Crippen LogP contribution is 2.12. The van der Waals surface area contributed by atoms with Crippen LogP contribution in [-0.2, 0) is 4.79 Å². The molecule has 2 unspecified atom stereocenters. The van der Waals surface area contributed by atoms with Crippen LogP contribution in [0.5, 0.6) is 0 Å². The number of hydrogen-bond donors (Lipinski definition) is 3. The van der Waals surface area contributed by atoms with Crippen molar-refractivity contribution in [2.24, 2.45) is 5.92 Å². The zero-order valence-electron chi connectivity index (χ0n) is 13.1. The van der Waals surface area contributed by atoms with Crippen LogP contribution in [0.25, 0.3) is 0 Å². The monoisotopic (exact) mass is 288 g/mol. The third-order valence-corrected chi connectivity index (χ3v) is 3.23. The standard InChI is InChI=1S/C14H28N2O4/c1-6-11(7-2)16(8-9(3)4)14(20)15-12(10(5)17)13(18)19/h9-12,17H,6-8H2,1-5H3,(H,15,20)(H,18,19). The smallest absolute Gasteiger partial charge is 0.328 e. The second kappa shape index (κ2) is 8.79. The Morgan fingerprint density at radius 3 is 1.95 bits per heavy atom. The van der Waals surface area contributed by atoms with E-state index in [0.29, 0.717) is 6.54 Å². The van der Waals surface area contributed by atoms with Crippen molar-refractivity contribution in [1.82, 2.24) is 10.2 Å². The molecule has 6 heteroatoms. The van der Waals surface area contributed by atoms with Gasteiger partial charge in [0.25, 0.3) is 0 Å². The lowest BCUT2D eigenvalue weighted by atomic mass is 10.1. The fraction of sp³-hybridized carbons (Fsp3) is 0.857. The fourth-order valence-electron chi connectivity index (χ4n) is 2.13. The molecule has 2 atom stereocenters. The molecule has 0 bridgehead atoms. The first-order chi connectivity index (χ1) is 9.24. The van der Waals surface area contributed by atoms with E-state index in [1.54, 1.807) is 4.90 Å². The first-order valence-corrected chi connectivity index (χ1v) is 7.22. The fourth-order valence-corrected chi connectivity index (χ4v) is 2.13. The number of carboxylic acids is 1. The van der Waals surface area contributed by atoms with E-state index in [2.05, 4.69) is 5.32 Å². The Hall–Kier alpha value is -1.30. The lowest BCUT2D eigenvalue weighted by Gasteiger charge is -2.33. The van der Waals surface area contributed by atoms with Gasteiger partial charge in [-0.05, 0) is 25.7 Å². The van der Waals surface area contributed by atoms with Crippen LogP contribution in [0.2, 0.25) is 0 Å². The summed E-state index contributed by atoms with van der Waals surface area (Å²) in [6.07, 6.45) is 0.477. The summed E-state index contributed by atoms with van der Waals surface area (Å²) in [6.45, 7) is 9.92. The number of nitrogens with zero attached hydrogens (tertiary/aromatic N) is 1. The average molecular weight is 288 g/mol. The van der Waals surface area contributed by atoms with E-state index in [9.17, 15) is 14.7 Å². The number of hydrogen-bond acceptors (Lipinski definition) is 3. The number of amides is 2. The Morgan fingerprint density at radius 1 is 1.15 bits per heavy atom. The van der Waals surface area contributed by atoms with Crippen molar-refractivity contribution >= 4 is 12.0 Å². The van der Waals surface area contributed by atoms with Gasteiger partial charge in [-0.1, -0.05) is 27.7 Å². The molecule has 0 aromatic carbocycles. The normalized spacial score (nSPS) is 14.2. The molecule has 0 spiro atoms. The predicted octanol–water partition coefficient (Wildman–Crippen LogP) is 1.68. The molecule has 3 N–H and O–H groups in total. The largest absolute Gasteiger partial charge is 0.480 e. The molecular weight excluding hydrogens is 260 g/mol. The van der Waals surface area contributed by atoms with Crippen molar-refractivity contribution in [3.8, 4) is 0 Å². The summed E-state index contributed by atoms with van der Waals surface area (Å²) in [6, 6.07) is -1.65. The van der Waals surface area contributed by atoms with Crippen molar-refractivity contribution < 1.29 is 19.8 Å². The van der Waals surface area contributed by atoms with Gasteiger partial charge in [0, 0.05) is 12.6 Å². The van der Waals surface area contributed by atoms with Crippen LogP contribution in [0, 0.1) is 5.92 Å². The summed E-state index contributed by atoms with van der Waals surface area (Å²) in [5.74, 6) is -0.946. The number of rotatable bonds is 8. The van der Waals surface area contributed by atoms with Gasteiger partial charge in [0.05, 0.1) is 6.10 Å². The number of aliphatic hydroxyl groups is 1. The minimum atomic E-state index is -1.29. The molecule has 118 valence electrons.